The molecule has 2 amide bonds. The van der Waals surface area contributed by atoms with E-state index in [4.69, 9.17) is 23.7 Å². The third-order valence-corrected chi connectivity index (χ3v) is 7.66. The third kappa shape index (κ3) is 6.39. The van der Waals surface area contributed by atoms with Crippen molar-refractivity contribution in [2.24, 2.45) is 0 Å². The van der Waals surface area contributed by atoms with Gasteiger partial charge in [0.2, 0.25) is 5.95 Å². The smallest absolute Gasteiger partial charge is 0.258 e. The van der Waals surface area contributed by atoms with Crippen LogP contribution in [0, 0.1) is 5.82 Å². The number of amides is 2. The number of fused-ring (bicyclic) bond motifs is 7. The Labute approximate surface area is 253 Å². The molecule has 4 bridgehead atoms. The van der Waals surface area contributed by atoms with Crippen molar-refractivity contribution in [3.05, 3.63) is 59.5 Å². The molecule has 44 heavy (non-hydrogen) atoms. The van der Waals surface area contributed by atoms with Crippen molar-refractivity contribution in [1.82, 2.24) is 20.6 Å². The average molecular weight is 609 g/mol. The highest BCUT2D eigenvalue weighted by Crippen LogP contribution is 2.30. The van der Waals surface area contributed by atoms with Crippen LogP contribution in [0.2, 0.25) is 0 Å². The normalized spacial score (nSPS) is 20.5. The van der Waals surface area contributed by atoms with Crippen molar-refractivity contribution in [2.75, 3.05) is 70.0 Å². The molecular weight excluding hydrogens is 575 g/mol. The molecule has 0 saturated carbocycles. The minimum atomic E-state index is -0.535. The molecule has 0 spiro atoms. The van der Waals surface area contributed by atoms with Crippen LogP contribution in [0.1, 0.15) is 15.9 Å². The number of halogens is 1. The minimum Gasteiger partial charge on any atom is -0.497 e. The minimum absolute atomic E-state index is 0.209. The molecule has 2 fully saturated rings. The first kappa shape index (κ1) is 29.2. The Kier molecular flexibility index (Phi) is 8.50. The Morgan fingerprint density at radius 1 is 1.00 bits per heavy atom. The van der Waals surface area contributed by atoms with Gasteiger partial charge in [0.25, 0.3) is 11.8 Å². The van der Waals surface area contributed by atoms with E-state index in [0.717, 1.165) is 5.56 Å². The molecule has 2 aromatic carbocycles. The lowest BCUT2D eigenvalue weighted by atomic mass is 10.1. The summed E-state index contributed by atoms with van der Waals surface area (Å²) in [5, 5.41) is 5.88. The molecule has 2 atom stereocenters. The van der Waals surface area contributed by atoms with Crippen LogP contribution in [0.15, 0.2) is 42.6 Å². The lowest BCUT2D eigenvalue weighted by Gasteiger charge is -2.28. The summed E-state index contributed by atoms with van der Waals surface area (Å²) in [6, 6.07) is 9.53. The number of anilines is 2. The highest BCUT2D eigenvalue weighted by atomic mass is 19.1. The summed E-state index contributed by atoms with van der Waals surface area (Å²) in [4.78, 5) is 38.6. The zero-order valence-corrected chi connectivity index (χ0v) is 24.4. The van der Waals surface area contributed by atoms with Gasteiger partial charge in [-0.2, -0.15) is 4.98 Å². The molecule has 232 valence electrons. The molecule has 13 nitrogen and oxygen atoms in total. The number of hydrogen-bond acceptors (Lipinski definition) is 11. The number of nitrogens with zero attached hydrogens (tertiary/aromatic N) is 4. The SMILES string of the molecule is COc1cc2cc(c1)C(=O)N[C@H]1CN(c3ncc(F)c(N4CCOCC4)n3)C[C@@H]1Oc1ccc(c(OC)c1)CNC(=O)CO2. The fourth-order valence-electron chi connectivity index (χ4n) is 5.36. The molecule has 2 saturated heterocycles. The molecule has 3 aromatic rings. The van der Waals surface area contributed by atoms with Crippen molar-refractivity contribution in [3.8, 4) is 23.0 Å². The molecule has 2 N–H and O–H groups in total. The van der Waals surface area contributed by atoms with Gasteiger partial charge in [-0.3, -0.25) is 9.59 Å². The maximum atomic E-state index is 14.8. The molecule has 0 unspecified atom stereocenters. The molecule has 4 aliphatic rings. The van der Waals surface area contributed by atoms with Gasteiger partial charge < -0.3 is 44.1 Å². The number of hydrogen-bond donors (Lipinski definition) is 2. The van der Waals surface area contributed by atoms with Gasteiger partial charge in [-0.1, -0.05) is 0 Å². The zero-order valence-electron chi connectivity index (χ0n) is 24.4. The molecular formula is C30H33FN6O7. The van der Waals surface area contributed by atoms with Crippen LogP contribution in [0.4, 0.5) is 16.2 Å². The first-order chi connectivity index (χ1) is 21.4. The Hall–Kier alpha value is -4.85. The van der Waals surface area contributed by atoms with Crippen LogP contribution < -0.4 is 39.4 Å². The zero-order chi connectivity index (χ0) is 30.6. The molecule has 0 aliphatic carbocycles. The van der Waals surface area contributed by atoms with Crippen LogP contribution >= 0.6 is 0 Å². The maximum absolute atomic E-state index is 14.8. The lowest BCUT2D eigenvalue weighted by Crippen LogP contribution is -2.45. The standard InChI is InChI=1S/C30H33FN6O7/c1-40-21-9-19-10-22(11-21)43-17-27(38)32-13-18-3-4-20(12-25(18)41-2)44-26-16-37(15-24(26)34-29(19)39)30-33-14-23(31)28(35-30)36-5-7-42-8-6-36/h3-4,9-12,14,24,26H,5-8,13,15-17H2,1-2H3,(H,32,38)(H,34,39)/t24-,26-/m0/s1. The summed E-state index contributed by atoms with van der Waals surface area (Å²) < 4.78 is 43.3. The number of benzene rings is 2. The number of aromatic nitrogens is 2. The van der Waals surface area contributed by atoms with Crippen molar-refractivity contribution < 1.29 is 37.7 Å². The quantitative estimate of drug-likeness (QED) is 0.447. The number of nitrogens with one attached hydrogen (secondary N) is 2. The van der Waals surface area contributed by atoms with Crippen molar-refractivity contribution in [1.29, 1.82) is 0 Å². The van der Waals surface area contributed by atoms with E-state index in [0.29, 0.717) is 68.3 Å². The predicted octanol–water partition coefficient (Wildman–Crippen LogP) is 1.54. The largest absolute Gasteiger partial charge is 0.497 e. The fraction of sp³-hybridized carbons (Fsp3) is 0.400. The third-order valence-electron chi connectivity index (χ3n) is 7.66. The Balaban J connectivity index is 1.33. The number of morpholine rings is 1. The van der Waals surface area contributed by atoms with E-state index < -0.39 is 23.9 Å². The number of rotatable bonds is 4. The number of carbonyl (C=O) groups excluding carboxylic acids is 2. The molecule has 4 aliphatic heterocycles. The molecule has 14 heteroatoms. The Bertz CT molecular complexity index is 1540. The second-order valence-corrected chi connectivity index (χ2v) is 10.5. The first-order valence-corrected chi connectivity index (χ1v) is 14.2. The summed E-state index contributed by atoms with van der Waals surface area (Å²) in [6.07, 6.45) is 0.630. The summed E-state index contributed by atoms with van der Waals surface area (Å²) in [5.41, 5.74) is 1.02. The lowest BCUT2D eigenvalue weighted by molar-refractivity contribution is -0.123. The van der Waals surface area contributed by atoms with Crippen LogP contribution in [0.3, 0.4) is 0 Å². The number of carbonyl (C=O) groups is 2. The molecule has 5 heterocycles. The van der Waals surface area contributed by atoms with Crippen LogP contribution in [-0.4, -0.2) is 94.1 Å². The van der Waals surface area contributed by atoms with Crippen LogP contribution in [0.25, 0.3) is 0 Å². The van der Waals surface area contributed by atoms with Gasteiger partial charge in [0.15, 0.2) is 18.2 Å². The van der Waals surface area contributed by atoms with E-state index in [1.54, 1.807) is 36.4 Å². The van der Waals surface area contributed by atoms with E-state index >= 15 is 0 Å². The van der Waals surface area contributed by atoms with Gasteiger partial charge in [-0.05, 0) is 24.3 Å². The van der Waals surface area contributed by atoms with Gasteiger partial charge in [-0.15, -0.1) is 0 Å². The summed E-state index contributed by atoms with van der Waals surface area (Å²) >= 11 is 0. The van der Waals surface area contributed by atoms with Crippen LogP contribution in [0.5, 0.6) is 23.0 Å². The maximum Gasteiger partial charge on any atom is 0.258 e. The van der Waals surface area contributed by atoms with E-state index in [2.05, 4.69) is 20.6 Å². The van der Waals surface area contributed by atoms with Crippen molar-refractivity contribution in [3.63, 3.8) is 0 Å². The predicted molar refractivity (Wildman–Crippen MR) is 156 cm³/mol. The second-order valence-electron chi connectivity index (χ2n) is 10.5. The first-order valence-electron chi connectivity index (χ1n) is 14.2. The summed E-state index contributed by atoms with van der Waals surface area (Å²) in [6.45, 7) is 2.56. The van der Waals surface area contributed by atoms with Gasteiger partial charge in [-0.25, -0.2) is 9.37 Å². The highest BCUT2D eigenvalue weighted by molar-refractivity contribution is 5.95. The molecule has 0 radical (unpaired) electrons. The summed E-state index contributed by atoms with van der Waals surface area (Å²) in [5.74, 6) is 0.994. The Morgan fingerprint density at radius 2 is 1.84 bits per heavy atom. The van der Waals surface area contributed by atoms with Gasteiger partial charge in [0.1, 0.15) is 29.1 Å². The fourth-order valence-corrected chi connectivity index (χ4v) is 5.36. The topological polar surface area (TPSA) is 137 Å². The highest BCUT2D eigenvalue weighted by Gasteiger charge is 2.38. The van der Waals surface area contributed by atoms with E-state index in [1.165, 1.54) is 20.4 Å². The van der Waals surface area contributed by atoms with Crippen molar-refractivity contribution >= 4 is 23.6 Å². The average Bonchev–Trinajstić information content (AvgIpc) is 3.44. The van der Waals surface area contributed by atoms with Gasteiger partial charge in [0.05, 0.1) is 46.2 Å². The number of methoxy groups -OCH3 is 2. The van der Waals surface area contributed by atoms with E-state index in [1.807, 2.05) is 9.80 Å². The van der Waals surface area contributed by atoms with E-state index in [9.17, 15) is 14.0 Å². The Morgan fingerprint density at radius 3 is 2.64 bits per heavy atom. The monoisotopic (exact) mass is 608 g/mol. The van der Waals surface area contributed by atoms with Gasteiger partial charge >= 0.3 is 0 Å². The van der Waals surface area contributed by atoms with Crippen LogP contribution in [-0.2, 0) is 16.1 Å². The molecule has 7 rings (SSSR count). The summed E-state index contributed by atoms with van der Waals surface area (Å²) in [7, 11) is 3.02. The van der Waals surface area contributed by atoms with Gasteiger partial charge in [0, 0.05) is 49.4 Å². The number of ether oxygens (including phenoxy) is 5. The second kappa shape index (κ2) is 12.8. The van der Waals surface area contributed by atoms with E-state index in [-0.39, 0.29) is 30.4 Å². The molecule has 1 aromatic heterocycles. The van der Waals surface area contributed by atoms with Crippen molar-refractivity contribution in [2.45, 2.75) is 18.7 Å².